The number of nitrogens with one attached hydrogen (secondary N) is 1. The molecule has 3 aliphatic heterocycles. The Morgan fingerprint density at radius 2 is 2.17 bits per heavy atom. The number of ether oxygens (including phenoxy) is 2. The number of hydrogen-bond acceptors (Lipinski definition) is 9. The lowest BCUT2D eigenvalue weighted by atomic mass is 9.69. The maximum atomic E-state index is 14.4. The van der Waals surface area contributed by atoms with Crippen molar-refractivity contribution in [2.24, 2.45) is 0 Å². The summed E-state index contributed by atoms with van der Waals surface area (Å²) in [6.45, 7) is 7.76. The number of hydrogen-bond donors (Lipinski definition) is 3. The van der Waals surface area contributed by atoms with Crippen molar-refractivity contribution in [1.82, 2.24) is 14.9 Å². The van der Waals surface area contributed by atoms with Gasteiger partial charge in [-0.1, -0.05) is 13.0 Å². The molecule has 1 aliphatic carbocycles. The highest BCUT2D eigenvalue weighted by atomic mass is 19.1. The van der Waals surface area contributed by atoms with E-state index < -0.39 is 17.3 Å². The molecule has 10 heteroatoms. The molecule has 6 rings (SSSR count). The molecule has 2 saturated heterocycles. The van der Waals surface area contributed by atoms with E-state index in [4.69, 9.17) is 25.2 Å². The van der Waals surface area contributed by atoms with E-state index in [9.17, 15) is 14.8 Å². The Labute approximate surface area is 234 Å². The van der Waals surface area contributed by atoms with Gasteiger partial charge in [-0.3, -0.25) is 4.90 Å². The molecule has 4 aliphatic rings. The molecule has 0 radical (unpaired) electrons. The van der Waals surface area contributed by atoms with Gasteiger partial charge in [-0.05, 0) is 63.6 Å². The highest BCUT2D eigenvalue weighted by Crippen LogP contribution is 2.51. The first-order chi connectivity index (χ1) is 19.1. The van der Waals surface area contributed by atoms with E-state index in [1.807, 2.05) is 26.0 Å². The van der Waals surface area contributed by atoms with Crippen LogP contribution in [-0.4, -0.2) is 63.5 Å². The Balaban J connectivity index is 1.39. The van der Waals surface area contributed by atoms with Gasteiger partial charge in [-0.15, -0.1) is 0 Å². The van der Waals surface area contributed by atoms with E-state index in [1.165, 1.54) is 0 Å². The Bertz CT molecular complexity index is 1360. The monoisotopic (exact) mass is 550 g/mol. The summed E-state index contributed by atoms with van der Waals surface area (Å²) in [6, 6.07) is 6.40. The Kier molecular flexibility index (Phi) is 6.68. The van der Waals surface area contributed by atoms with Crippen molar-refractivity contribution in [3.05, 3.63) is 40.1 Å². The predicted molar refractivity (Wildman–Crippen MR) is 149 cm³/mol. The predicted octanol–water partition coefficient (Wildman–Crippen LogP) is 3.93. The Morgan fingerprint density at radius 1 is 1.35 bits per heavy atom. The van der Waals surface area contributed by atoms with Crippen molar-refractivity contribution in [1.29, 1.82) is 5.26 Å². The van der Waals surface area contributed by atoms with Gasteiger partial charge in [0.25, 0.3) is 0 Å². The highest BCUT2D eigenvalue weighted by molar-refractivity contribution is 5.64. The smallest absolute Gasteiger partial charge is 0.318 e. The first-order valence-corrected chi connectivity index (χ1v) is 14.4. The molecular weight excluding hydrogens is 511 g/mol. The van der Waals surface area contributed by atoms with Crippen molar-refractivity contribution >= 4 is 11.5 Å². The van der Waals surface area contributed by atoms with Gasteiger partial charge in [0.2, 0.25) is 0 Å². The number of fused-ring (bicyclic) bond motifs is 4. The van der Waals surface area contributed by atoms with Crippen molar-refractivity contribution < 1.29 is 19.0 Å². The van der Waals surface area contributed by atoms with E-state index in [1.54, 1.807) is 0 Å². The average Bonchev–Trinajstić information content (AvgIpc) is 3.45. The van der Waals surface area contributed by atoms with Crippen LogP contribution in [0.2, 0.25) is 0 Å². The molecule has 1 aromatic heterocycles. The number of anilines is 2. The minimum absolute atomic E-state index is 0.0984. The van der Waals surface area contributed by atoms with Crippen molar-refractivity contribution in [2.75, 3.05) is 37.4 Å². The van der Waals surface area contributed by atoms with Crippen LogP contribution in [0.4, 0.5) is 15.9 Å². The number of nitriles is 1. The number of nitrogens with zero attached hydrogens (tertiary/aromatic N) is 4. The minimum Gasteiger partial charge on any atom is -0.461 e. The van der Waals surface area contributed by atoms with Crippen LogP contribution in [0.3, 0.4) is 0 Å². The summed E-state index contributed by atoms with van der Waals surface area (Å²) in [6.07, 6.45) is 3.63. The summed E-state index contributed by atoms with van der Waals surface area (Å²) in [5.74, 6) is 0.839. The third-order valence-electron chi connectivity index (χ3n) is 9.45. The Morgan fingerprint density at radius 3 is 2.95 bits per heavy atom. The second-order valence-corrected chi connectivity index (χ2v) is 12.8. The molecule has 2 fully saturated rings. The van der Waals surface area contributed by atoms with Crippen LogP contribution in [0.15, 0.2) is 12.1 Å². The molecule has 40 heavy (non-hydrogen) atoms. The number of aliphatic hydroxyl groups excluding tert-OH is 1. The summed E-state index contributed by atoms with van der Waals surface area (Å²) >= 11 is 0. The zero-order valence-electron chi connectivity index (χ0n) is 23.6. The quantitative estimate of drug-likeness (QED) is 0.458. The molecule has 0 amide bonds. The molecule has 4 heterocycles. The van der Waals surface area contributed by atoms with Crippen LogP contribution < -0.4 is 15.8 Å². The van der Waals surface area contributed by atoms with Gasteiger partial charge >= 0.3 is 6.01 Å². The van der Waals surface area contributed by atoms with E-state index in [0.29, 0.717) is 43.1 Å². The average molecular weight is 551 g/mol. The molecule has 0 bridgehead atoms. The van der Waals surface area contributed by atoms with Gasteiger partial charge in [-0.25, -0.2) is 4.39 Å². The standard InChI is InChI=1S/C30H39FN6O3/c1-18-7-9-30(25-20(18)5-6-23(33)21(25)13-32)12-24-22(15-40-30)26(36-28(2,3)16-38)35-27(34-24)39-17-29-8-4-10-37(29)14-19(31)11-29/h5-6,18-19,38H,4,7-12,14-17,33H2,1-3H3,(H,34,35,36)/t18-,19+,29-,30-/m0/s1. The molecule has 1 aromatic carbocycles. The molecule has 4 atom stereocenters. The number of alkyl halides is 1. The van der Waals surface area contributed by atoms with Gasteiger partial charge < -0.3 is 25.6 Å². The number of nitrogens with two attached hydrogens (primary N) is 1. The third-order valence-corrected chi connectivity index (χ3v) is 9.45. The fourth-order valence-electron chi connectivity index (χ4n) is 7.22. The molecule has 1 spiro atoms. The van der Waals surface area contributed by atoms with Gasteiger partial charge in [0.05, 0.1) is 35.5 Å². The summed E-state index contributed by atoms with van der Waals surface area (Å²) in [4.78, 5) is 11.8. The minimum atomic E-state index is -0.844. The van der Waals surface area contributed by atoms with Gasteiger partial charge in [0, 0.05) is 36.2 Å². The van der Waals surface area contributed by atoms with Crippen molar-refractivity contribution in [3.8, 4) is 12.1 Å². The van der Waals surface area contributed by atoms with Gasteiger partial charge in [-0.2, -0.15) is 15.2 Å². The fraction of sp³-hybridized carbons (Fsp3) is 0.633. The van der Waals surface area contributed by atoms with E-state index in [2.05, 4.69) is 23.2 Å². The lowest BCUT2D eigenvalue weighted by molar-refractivity contribution is -0.0872. The van der Waals surface area contributed by atoms with Crippen LogP contribution in [0.25, 0.3) is 0 Å². The molecule has 0 saturated carbocycles. The summed E-state index contributed by atoms with van der Waals surface area (Å²) in [5, 5.41) is 23.4. The van der Waals surface area contributed by atoms with Crippen molar-refractivity contribution in [3.63, 3.8) is 0 Å². The molecule has 214 valence electrons. The zero-order valence-corrected chi connectivity index (χ0v) is 23.6. The third kappa shape index (κ3) is 4.48. The second-order valence-electron chi connectivity index (χ2n) is 12.8. The molecule has 0 unspecified atom stereocenters. The van der Waals surface area contributed by atoms with E-state index in [-0.39, 0.29) is 30.7 Å². The molecule has 2 aromatic rings. The SMILES string of the molecule is C[C@H]1CC[C@]2(Cc3nc(OC[C@@]45CCCN4C[C@H](F)C5)nc(NC(C)(C)CO)c3CO2)c2c1ccc(N)c2C#N. The van der Waals surface area contributed by atoms with E-state index in [0.717, 1.165) is 54.6 Å². The van der Waals surface area contributed by atoms with Crippen LogP contribution in [0.5, 0.6) is 6.01 Å². The maximum Gasteiger partial charge on any atom is 0.318 e. The zero-order chi connectivity index (χ0) is 28.3. The van der Waals surface area contributed by atoms with Gasteiger partial charge in [0.15, 0.2) is 0 Å². The number of aromatic nitrogens is 2. The summed E-state index contributed by atoms with van der Waals surface area (Å²) < 4.78 is 27.3. The summed E-state index contributed by atoms with van der Waals surface area (Å²) in [7, 11) is 0. The highest BCUT2D eigenvalue weighted by Gasteiger charge is 2.50. The van der Waals surface area contributed by atoms with Crippen LogP contribution in [0, 0.1) is 11.3 Å². The molecule has 4 N–H and O–H groups in total. The maximum absolute atomic E-state index is 14.4. The molecular formula is C30H39FN6O3. The fourth-order valence-corrected chi connectivity index (χ4v) is 7.22. The largest absolute Gasteiger partial charge is 0.461 e. The second kappa shape index (κ2) is 9.82. The number of nitrogen functional groups attached to an aromatic ring is 1. The molecule has 9 nitrogen and oxygen atoms in total. The lowest BCUT2D eigenvalue weighted by Crippen LogP contribution is -2.44. The number of aliphatic hydroxyl groups is 1. The number of benzene rings is 1. The Hall–Kier alpha value is -3.00. The first-order valence-electron chi connectivity index (χ1n) is 14.4. The van der Waals surface area contributed by atoms with E-state index >= 15 is 0 Å². The lowest BCUT2D eigenvalue weighted by Gasteiger charge is -2.44. The van der Waals surface area contributed by atoms with Crippen LogP contribution in [0.1, 0.15) is 86.7 Å². The number of rotatable bonds is 6. The van der Waals surface area contributed by atoms with Crippen LogP contribution in [-0.2, 0) is 23.4 Å². The first kappa shape index (κ1) is 27.2. The van der Waals surface area contributed by atoms with Gasteiger partial charge in [0.1, 0.15) is 30.3 Å². The topological polar surface area (TPSA) is 130 Å². The normalized spacial score (nSPS) is 29.5. The van der Waals surface area contributed by atoms with Crippen molar-refractivity contribution in [2.45, 2.75) is 94.7 Å². The van der Waals surface area contributed by atoms with Crippen LogP contribution >= 0.6 is 0 Å². The summed E-state index contributed by atoms with van der Waals surface area (Å²) in [5.41, 5.74) is 9.06. The number of halogens is 1.